The summed E-state index contributed by atoms with van der Waals surface area (Å²) in [6.45, 7) is 5.43. The molecule has 1 amide bonds. The van der Waals surface area contributed by atoms with E-state index in [1.807, 2.05) is 36.2 Å². The molecule has 118 valence electrons. The standard InChI is InChI=1S/C16H23ClN2O.ClH/c1-16(2,9-18)10-19(3)15(20)14-8-13(14)11-5-4-6-12(17)7-11;/h4-7,13-14H,8-10,18H2,1-3H3;1H. The Labute approximate surface area is 138 Å². The van der Waals surface area contributed by atoms with Gasteiger partial charge in [-0.1, -0.05) is 37.6 Å². The molecular weight excluding hydrogens is 307 g/mol. The summed E-state index contributed by atoms with van der Waals surface area (Å²) in [5, 5.41) is 0.734. The minimum Gasteiger partial charge on any atom is -0.345 e. The maximum absolute atomic E-state index is 12.4. The summed E-state index contributed by atoms with van der Waals surface area (Å²) in [5.41, 5.74) is 6.86. The molecule has 2 rings (SSSR count). The minimum atomic E-state index is -0.0369. The van der Waals surface area contributed by atoms with Gasteiger partial charge in [0.05, 0.1) is 0 Å². The van der Waals surface area contributed by atoms with Gasteiger partial charge >= 0.3 is 0 Å². The Balaban J connectivity index is 0.00000220. The van der Waals surface area contributed by atoms with Crippen LogP contribution in [0.4, 0.5) is 0 Å². The highest BCUT2D eigenvalue weighted by Crippen LogP contribution is 2.48. The zero-order valence-corrected chi connectivity index (χ0v) is 14.4. The van der Waals surface area contributed by atoms with Crippen LogP contribution in [0.25, 0.3) is 0 Å². The van der Waals surface area contributed by atoms with Gasteiger partial charge in [-0.05, 0) is 42.0 Å². The van der Waals surface area contributed by atoms with Crippen molar-refractivity contribution in [3.8, 4) is 0 Å². The highest BCUT2D eigenvalue weighted by atomic mass is 35.5. The zero-order chi connectivity index (χ0) is 14.9. The van der Waals surface area contributed by atoms with E-state index in [-0.39, 0.29) is 29.6 Å². The van der Waals surface area contributed by atoms with Crippen LogP contribution in [0.2, 0.25) is 5.02 Å². The predicted molar refractivity (Wildman–Crippen MR) is 90.0 cm³/mol. The van der Waals surface area contributed by atoms with E-state index in [9.17, 15) is 4.79 Å². The van der Waals surface area contributed by atoms with Crippen molar-refractivity contribution >= 4 is 29.9 Å². The van der Waals surface area contributed by atoms with Crippen LogP contribution in [-0.4, -0.2) is 30.9 Å². The Morgan fingerprint density at radius 3 is 2.71 bits per heavy atom. The molecule has 5 heteroatoms. The number of halogens is 2. The molecule has 0 aromatic heterocycles. The van der Waals surface area contributed by atoms with Gasteiger partial charge in [0, 0.05) is 24.5 Å². The van der Waals surface area contributed by atoms with E-state index in [1.54, 1.807) is 0 Å². The molecule has 0 heterocycles. The van der Waals surface area contributed by atoms with E-state index in [0.717, 1.165) is 11.4 Å². The second-order valence-corrected chi connectivity index (χ2v) is 7.00. The van der Waals surface area contributed by atoms with Gasteiger partial charge in [0.25, 0.3) is 0 Å². The van der Waals surface area contributed by atoms with Crippen LogP contribution in [0, 0.1) is 11.3 Å². The molecular formula is C16H24Cl2N2O. The van der Waals surface area contributed by atoms with Crippen molar-refractivity contribution in [1.29, 1.82) is 0 Å². The van der Waals surface area contributed by atoms with Crippen molar-refractivity contribution in [2.24, 2.45) is 17.1 Å². The van der Waals surface area contributed by atoms with E-state index in [2.05, 4.69) is 13.8 Å². The molecule has 1 saturated carbocycles. The smallest absolute Gasteiger partial charge is 0.226 e. The second kappa shape index (κ2) is 6.99. The van der Waals surface area contributed by atoms with Gasteiger partial charge in [-0.3, -0.25) is 4.79 Å². The number of carbonyl (C=O) groups is 1. The van der Waals surface area contributed by atoms with Gasteiger partial charge in [0.15, 0.2) is 0 Å². The molecule has 0 saturated heterocycles. The van der Waals surface area contributed by atoms with E-state index < -0.39 is 0 Å². The van der Waals surface area contributed by atoms with Crippen LogP contribution in [0.3, 0.4) is 0 Å². The number of nitrogens with two attached hydrogens (primary N) is 1. The molecule has 0 aliphatic heterocycles. The lowest BCUT2D eigenvalue weighted by Gasteiger charge is -2.29. The molecule has 21 heavy (non-hydrogen) atoms. The average Bonchev–Trinajstić information content (AvgIpc) is 3.17. The molecule has 0 spiro atoms. The third-order valence-corrected chi connectivity index (χ3v) is 4.21. The van der Waals surface area contributed by atoms with Gasteiger partial charge in [0.1, 0.15) is 0 Å². The number of benzene rings is 1. The van der Waals surface area contributed by atoms with Crippen LogP contribution in [-0.2, 0) is 4.79 Å². The summed E-state index contributed by atoms with van der Waals surface area (Å²) >= 11 is 6.00. The van der Waals surface area contributed by atoms with Gasteiger partial charge in [-0.25, -0.2) is 0 Å². The number of amides is 1. The number of carbonyl (C=O) groups excluding carboxylic acids is 1. The largest absolute Gasteiger partial charge is 0.345 e. The topological polar surface area (TPSA) is 46.3 Å². The van der Waals surface area contributed by atoms with Crippen molar-refractivity contribution in [1.82, 2.24) is 4.90 Å². The summed E-state index contributed by atoms with van der Waals surface area (Å²) in [4.78, 5) is 14.2. The summed E-state index contributed by atoms with van der Waals surface area (Å²) in [6.07, 6.45) is 0.923. The first kappa shape index (κ1) is 18.3. The number of rotatable bonds is 5. The predicted octanol–water partition coefficient (Wildman–Crippen LogP) is 3.31. The number of nitrogens with zero attached hydrogens (tertiary/aromatic N) is 1. The van der Waals surface area contributed by atoms with E-state index in [1.165, 1.54) is 5.56 Å². The third kappa shape index (κ3) is 4.60. The van der Waals surface area contributed by atoms with Crippen molar-refractivity contribution < 1.29 is 4.79 Å². The molecule has 1 fully saturated rings. The van der Waals surface area contributed by atoms with Crippen LogP contribution >= 0.6 is 24.0 Å². The Morgan fingerprint density at radius 1 is 1.48 bits per heavy atom. The van der Waals surface area contributed by atoms with E-state index in [4.69, 9.17) is 17.3 Å². The van der Waals surface area contributed by atoms with E-state index >= 15 is 0 Å². The van der Waals surface area contributed by atoms with Crippen molar-refractivity contribution in [2.75, 3.05) is 20.1 Å². The molecule has 1 aromatic rings. The minimum absolute atomic E-state index is 0. The normalized spacial score (nSPS) is 20.6. The Kier molecular flexibility index (Phi) is 6.09. The Morgan fingerprint density at radius 2 is 2.14 bits per heavy atom. The fourth-order valence-electron chi connectivity index (χ4n) is 2.64. The molecule has 3 nitrogen and oxygen atoms in total. The summed E-state index contributed by atoms with van der Waals surface area (Å²) < 4.78 is 0. The zero-order valence-electron chi connectivity index (χ0n) is 12.8. The van der Waals surface area contributed by atoms with Crippen LogP contribution < -0.4 is 5.73 Å². The van der Waals surface area contributed by atoms with Crippen molar-refractivity contribution in [3.05, 3.63) is 34.9 Å². The summed E-state index contributed by atoms with van der Waals surface area (Å²) in [5.74, 6) is 0.646. The number of hydrogen-bond donors (Lipinski definition) is 1. The quantitative estimate of drug-likeness (QED) is 0.900. The second-order valence-electron chi connectivity index (χ2n) is 6.57. The van der Waals surface area contributed by atoms with Crippen LogP contribution in [0.5, 0.6) is 0 Å². The molecule has 1 aromatic carbocycles. The van der Waals surface area contributed by atoms with Crippen LogP contribution in [0.15, 0.2) is 24.3 Å². The Bertz CT molecular complexity index is 505. The summed E-state index contributed by atoms with van der Waals surface area (Å²) in [6, 6.07) is 7.82. The van der Waals surface area contributed by atoms with E-state index in [0.29, 0.717) is 19.0 Å². The Hall–Kier alpha value is -0.770. The highest BCUT2D eigenvalue weighted by Gasteiger charge is 2.45. The lowest BCUT2D eigenvalue weighted by Crippen LogP contribution is -2.40. The molecule has 1 aliphatic rings. The third-order valence-electron chi connectivity index (χ3n) is 3.98. The van der Waals surface area contributed by atoms with Crippen molar-refractivity contribution in [2.45, 2.75) is 26.2 Å². The van der Waals surface area contributed by atoms with Crippen LogP contribution in [0.1, 0.15) is 31.7 Å². The maximum Gasteiger partial charge on any atom is 0.226 e. The SMILES string of the molecule is CN(CC(C)(C)CN)C(=O)C1CC1c1cccc(Cl)c1.Cl. The molecule has 2 N–H and O–H groups in total. The van der Waals surface area contributed by atoms with Crippen molar-refractivity contribution in [3.63, 3.8) is 0 Å². The fraction of sp³-hybridized carbons (Fsp3) is 0.562. The fourth-order valence-corrected chi connectivity index (χ4v) is 2.84. The molecule has 0 radical (unpaired) electrons. The van der Waals surface area contributed by atoms with Gasteiger partial charge in [-0.2, -0.15) is 0 Å². The lowest BCUT2D eigenvalue weighted by molar-refractivity contribution is -0.132. The average molecular weight is 331 g/mol. The monoisotopic (exact) mass is 330 g/mol. The first-order chi connectivity index (χ1) is 9.34. The summed E-state index contributed by atoms with van der Waals surface area (Å²) in [7, 11) is 1.87. The highest BCUT2D eigenvalue weighted by molar-refractivity contribution is 6.30. The maximum atomic E-state index is 12.4. The van der Waals surface area contributed by atoms with Gasteiger partial charge < -0.3 is 10.6 Å². The first-order valence-electron chi connectivity index (χ1n) is 7.04. The number of hydrogen-bond acceptors (Lipinski definition) is 2. The first-order valence-corrected chi connectivity index (χ1v) is 7.42. The van der Waals surface area contributed by atoms with Gasteiger partial charge in [-0.15, -0.1) is 12.4 Å². The molecule has 0 bridgehead atoms. The lowest BCUT2D eigenvalue weighted by atomic mass is 9.93. The van der Waals surface area contributed by atoms with Gasteiger partial charge in [0.2, 0.25) is 5.91 Å². The molecule has 2 atom stereocenters. The molecule has 2 unspecified atom stereocenters. The molecule has 1 aliphatic carbocycles.